The van der Waals surface area contributed by atoms with Gasteiger partial charge in [0.15, 0.2) is 5.96 Å². The lowest BCUT2D eigenvalue weighted by molar-refractivity contribution is -0.127. The van der Waals surface area contributed by atoms with E-state index in [1.807, 2.05) is 0 Å². The van der Waals surface area contributed by atoms with Crippen LogP contribution in [-0.2, 0) is 9.53 Å². The molecule has 6 nitrogen and oxygen atoms in total. The fourth-order valence-electron chi connectivity index (χ4n) is 3.00. The zero-order valence-corrected chi connectivity index (χ0v) is 16.5. The van der Waals surface area contributed by atoms with Gasteiger partial charge in [-0.15, -0.1) is 30.6 Å². The fourth-order valence-corrected chi connectivity index (χ4v) is 3.00. The molecule has 2 unspecified atom stereocenters. The summed E-state index contributed by atoms with van der Waals surface area (Å²) in [6.45, 7) is 7.32. The van der Waals surface area contributed by atoms with Crippen molar-refractivity contribution in [1.29, 1.82) is 0 Å². The van der Waals surface area contributed by atoms with Crippen molar-refractivity contribution in [1.82, 2.24) is 15.1 Å². The average Bonchev–Trinajstić information content (AvgIpc) is 2.54. The highest BCUT2D eigenvalue weighted by Gasteiger charge is 2.33. The molecule has 23 heavy (non-hydrogen) atoms. The maximum Gasteiger partial charge on any atom is 0.243 e. The van der Waals surface area contributed by atoms with Crippen molar-refractivity contribution in [2.45, 2.75) is 25.4 Å². The van der Waals surface area contributed by atoms with Crippen LogP contribution >= 0.6 is 24.0 Å². The molecule has 2 heterocycles. The van der Waals surface area contributed by atoms with E-state index in [-0.39, 0.29) is 36.4 Å². The van der Waals surface area contributed by atoms with Gasteiger partial charge in [0.2, 0.25) is 5.91 Å². The molecule has 2 atom stereocenters. The molecule has 0 spiro atoms. The standard InChI is InChI=1S/C16H28N4O2.HI/c1-4-8-17-16(18-11-15(21)19(2)3)20-9-7-14-13(12-20)6-5-10-22-14;/h4,13-14H,1,5-12H2,2-3H3,(H,17,18);1H. The summed E-state index contributed by atoms with van der Waals surface area (Å²) in [5.41, 5.74) is 0. The Morgan fingerprint density at radius 1 is 1.48 bits per heavy atom. The molecular formula is C16H29IN4O2. The van der Waals surface area contributed by atoms with Gasteiger partial charge in [0, 0.05) is 46.3 Å². The smallest absolute Gasteiger partial charge is 0.243 e. The van der Waals surface area contributed by atoms with Crippen LogP contribution in [0.2, 0.25) is 0 Å². The third-order valence-electron chi connectivity index (χ3n) is 4.28. The molecule has 2 aliphatic heterocycles. The van der Waals surface area contributed by atoms with Crippen LogP contribution < -0.4 is 5.32 Å². The van der Waals surface area contributed by atoms with Crippen LogP contribution in [0, 0.1) is 5.92 Å². The lowest BCUT2D eigenvalue weighted by Gasteiger charge is -2.42. The molecule has 0 aromatic rings. The highest BCUT2D eigenvalue weighted by molar-refractivity contribution is 14.0. The maximum atomic E-state index is 11.8. The topological polar surface area (TPSA) is 57.2 Å². The number of hydrogen-bond acceptors (Lipinski definition) is 3. The summed E-state index contributed by atoms with van der Waals surface area (Å²) in [4.78, 5) is 20.1. The normalized spacial score (nSPS) is 24.3. The van der Waals surface area contributed by atoms with Crippen LogP contribution in [0.25, 0.3) is 0 Å². The monoisotopic (exact) mass is 436 g/mol. The van der Waals surface area contributed by atoms with Crippen LogP contribution in [0.4, 0.5) is 0 Å². The molecule has 0 aromatic heterocycles. The minimum absolute atomic E-state index is 0. The van der Waals surface area contributed by atoms with Crippen molar-refractivity contribution in [3.8, 4) is 0 Å². The molecule has 1 N–H and O–H groups in total. The van der Waals surface area contributed by atoms with Gasteiger partial charge in [0.25, 0.3) is 0 Å². The van der Waals surface area contributed by atoms with Gasteiger partial charge in [-0.3, -0.25) is 4.79 Å². The first-order chi connectivity index (χ1) is 10.6. The number of carbonyl (C=O) groups is 1. The number of carbonyl (C=O) groups excluding carboxylic acids is 1. The SMILES string of the molecule is C=CCNC(=NCC(=O)N(C)C)N1CCC2OCCCC2C1.I. The van der Waals surface area contributed by atoms with Crippen LogP contribution in [0.1, 0.15) is 19.3 Å². The highest BCUT2D eigenvalue weighted by atomic mass is 127. The molecular weight excluding hydrogens is 407 g/mol. The van der Waals surface area contributed by atoms with Crippen LogP contribution in [0.15, 0.2) is 17.6 Å². The molecule has 132 valence electrons. The second-order valence-corrected chi connectivity index (χ2v) is 6.14. The van der Waals surface area contributed by atoms with Crippen molar-refractivity contribution in [2.75, 3.05) is 46.9 Å². The van der Waals surface area contributed by atoms with E-state index < -0.39 is 0 Å². The average molecular weight is 436 g/mol. The van der Waals surface area contributed by atoms with E-state index in [1.54, 1.807) is 25.1 Å². The van der Waals surface area contributed by atoms with E-state index in [0.29, 0.717) is 18.6 Å². The summed E-state index contributed by atoms with van der Waals surface area (Å²) >= 11 is 0. The number of nitrogens with zero attached hydrogens (tertiary/aromatic N) is 3. The molecule has 2 fully saturated rings. The molecule has 1 amide bonds. The summed E-state index contributed by atoms with van der Waals surface area (Å²) in [5.74, 6) is 1.38. The number of guanidine groups is 1. The number of nitrogens with one attached hydrogen (secondary N) is 1. The molecule has 7 heteroatoms. The van der Waals surface area contributed by atoms with Crippen molar-refractivity contribution in [3.63, 3.8) is 0 Å². The predicted molar refractivity (Wildman–Crippen MR) is 103 cm³/mol. The van der Waals surface area contributed by atoms with Crippen LogP contribution in [0.5, 0.6) is 0 Å². The van der Waals surface area contributed by atoms with Crippen molar-refractivity contribution in [2.24, 2.45) is 10.9 Å². The second-order valence-electron chi connectivity index (χ2n) is 6.14. The van der Waals surface area contributed by atoms with Gasteiger partial charge in [0.05, 0.1) is 6.10 Å². The largest absolute Gasteiger partial charge is 0.378 e. The number of fused-ring (bicyclic) bond motifs is 1. The van der Waals surface area contributed by atoms with Crippen LogP contribution in [-0.4, -0.2) is 74.7 Å². The molecule has 2 rings (SSSR count). The highest BCUT2D eigenvalue weighted by Crippen LogP contribution is 2.28. The number of halogens is 1. The Labute approximate surface area is 156 Å². The second kappa shape index (κ2) is 10.1. The summed E-state index contributed by atoms with van der Waals surface area (Å²) < 4.78 is 5.86. The number of amides is 1. The summed E-state index contributed by atoms with van der Waals surface area (Å²) in [7, 11) is 3.50. The van der Waals surface area contributed by atoms with Crippen molar-refractivity contribution >= 4 is 35.8 Å². The number of hydrogen-bond donors (Lipinski definition) is 1. The Kier molecular flexibility index (Phi) is 8.90. The van der Waals surface area contributed by atoms with E-state index in [9.17, 15) is 4.79 Å². The Bertz CT molecular complexity index is 428. The first-order valence-electron chi connectivity index (χ1n) is 8.07. The van der Waals surface area contributed by atoms with Crippen molar-refractivity contribution in [3.05, 3.63) is 12.7 Å². The molecule has 0 saturated carbocycles. The molecule has 0 aliphatic carbocycles. The molecule has 2 aliphatic rings. The third kappa shape index (κ3) is 5.95. The number of rotatable bonds is 4. The van der Waals surface area contributed by atoms with E-state index in [1.165, 1.54) is 6.42 Å². The minimum Gasteiger partial charge on any atom is -0.378 e. The summed E-state index contributed by atoms with van der Waals surface area (Å²) in [5, 5.41) is 3.28. The first-order valence-corrected chi connectivity index (χ1v) is 8.07. The number of likely N-dealkylation sites (tertiary alicyclic amines) is 1. The van der Waals surface area contributed by atoms with E-state index in [4.69, 9.17) is 4.74 Å². The van der Waals surface area contributed by atoms with E-state index in [0.717, 1.165) is 38.5 Å². The molecule has 0 bridgehead atoms. The number of ether oxygens (including phenoxy) is 1. The zero-order valence-electron chi connectivity index (χ0n) is 14.2. The number of piperidine rings is 1. The lowest BCUT2D eigenvalue weighted by Crippen LogP contribution is -2.52. The zero-order chi connectivity index (χ0) is 15.9. The van der Waals surface area contributed by atoms with Gasteiger partial charge in [-0.05, 0) is 19.3 Å². The summed E-state index contributed by atoms with van der Waals surface area (Å²) in [6.07, 6.45) is 5.59. The van der Waals surface area contributed by atoms with Crippen LogP contribution in [0.3, 0.4) is 0 Å². The Morgan fingerprint density at radius 3 is 2.96 bits per heavy atom. The minimum atomic E-state index is 0. The Hall–Kier alpha value is -0.830. The summed E-state index contributed by atoms with van der Waals surface area (Å²) in [6, 6.07) is 0. The van der Waals surface area contributed by atoms with Gasteiger partial charge in [-0.2, -0.15) is 0 Å². The molecule has 0 aromatic carbocycles. The predicted octanol–water partition coefficient (Wildman–Crippen LogP) is 1.33. The van der Waals surface area contributed by atoms with Gasteiger partial charge >= 0.3 is 0 Å². The third-order valence-corrected chi connectivity index (χ3v) is 4.28. The van der Waals surface area contributed by atoms with Gasteiger partial charge in [-0.25, -0.2) is 4.99 Å². The Morgan fingerprint density at radius 2 is 2.26 bits per heavy atom. The maximum absolute atomic E-state index is 11.8. The molecule has 0 radical (unpaired) electrons. The first kappa shape index (κ1) is 20.2. The van der Waals surface area contributed by atoms with Crippen molar-refractivity contribution < 1.29 is 9.53 Å². The van der Waals surface area contributed by atoms with E-state index in [2.05, 4.69) is 21.8 Å². The Balaban J connectivity index is 0.00000264. The van der Waals surface area contributed by atoms with Gasteiger partial charge in [0.1, 0.15) is 6.54 Å². The van der Waals surface area contributed by atoms with E-state index >= 15 is 0 Å². The molecule has 2 saturated heterocycles. The number of likely N-dealkylation sites (N-methyl/N-ethyl adjacent to an activating group) is 1. The quantitative estimate of drug-likeness (QED) is 0.313. The lowest BCUT2D eigenvalue weighted by atomic mass is 9.88. The fraction of sp³-hybridized carbons (Fsp3) is 0.750. The van der Waals surface area contributed by atoms with Gasteiger partial charge in [-0.1, -0.05) is 6.08 Å². The van der Waals surface area contributed by atoms with Gasteiger partial charge < -0.3 is 19.9 Å². The number of aliphatic imine (C=N–C) groups is 1.